The van der Waals surface area contributed by atoms with Crippen LogP contribution in [0.1, 0.15) is 53.4 Å². The van der Waals surface area contributed by atoms with Crippen molar-refractivity contribution < 1.29 is 9.47 Å². The predicted molar refractivity (Wildman–Crippen MR) is 125 cm³/mol. The van der Waals surface area contributed by atoms with Crippen LogP contribution in [0.15, 0.2) is 4.99 Å². The number of guanidine groups is 1. The SMILES string of the molecule is CCNC(=NCC1(SCC)CCOCC1)NCC(C(CC)CC)N1CCOCC1. The fraction of sp³-hybridized carbons (Fsp3) is 0.955. The maximum absolute atomic E-state index is 5.61. The van der Waals surface area contributed by atoms with Crippen LogP contribution in [-0.2, 0) is 9.47 Å². The molecule has 0 aromatic heterocycles. The lowest BCUT2D eigenvalue weighted by atomic mass is 9.92. The van der Waals surface area contributed by atoms with Crippen molar-refractivity contribution in [1.29, 1.82) is 0 Å². The van der Waals surface area contributed by atoms with Crippen LogP contribution in [0.2, 0.25) is 0 Å². The van der Waals surface area contributed by atoms with Gasteiger partial charge in [-0.05, 0) is 31.4 Å². The number of nitrogens with zero attached hydrogens (tertiary/aromatic N) is 2. The van der Waals surface area contributed by atoms with E-state index in [1.54, 1.807) is 0 Å². The monoisotopic (exact) mass is 428 g/mol. The van der Waals surface area contributed by atoms with Gasteiger partial charge in [-0.3, -0.25) is 9.89 Å². The largest absolute Gasteiger partial charge is 0.381 e. The van der Waals surface area contributed by atoms with E-state index in [9.17, 15) is 0 Å². The fourth-order valence-corrected chi connectivity index (χ4v) is 5.72. The summed E-state index contributed by atoms with van der Waals surface area (Å²) in [4.78, 5) is 7.65. The number of aliphatic imine (C=N–C) groups is 1. The molecule has 29 heavy (non-hydrogen) atoms. The van der Waals surface area contributed by atoms with Gasteiger partial charge in [-0.15, -0.1) is 0 Å². The minimum absolute atomic E-state index is 0.230. The third-order valence-corrected chi connectivity index (χ3v) is 7.75. The third kappa shape index (κ3) is 7.93. The summed E-state index contributed by atoms with van der Waals surface area (Å²) in [6, 6.07) is 0.528. The van der Waals surface area contributed by atoms with E-state index >= 15 is 0 Å². The summed E-state index contributed by atoms with van der Waals surface area (Å²) >= 11 is 2.05. The van der Waals surface area contributed by atoms with E-state index in [1.165, 1.54) is 12.8 Å². The summed E-state index contributed by atoms with van der Waals surface area (Å²) < 4.78 is 11.4. The number of rotatable bonds is 11. The number of hydrogen-bond donors (Lipinski definition) is 2. The van der Waals surface area contributed by atoms with Gasteiger partial charge in [-0.1, -0.05) is 33.6 Å². The first-order valence-corrected chi connectivity index (χ1v) is 12.7. The van der Waals surface area contributed by atoms with Gasteiger partial charge in [0.15, 0.2) is 5.96 Å². The molecule has 6 nitrogen and oxygen atoms in total. The van der Waals surface area contributed by atoms with Gasteiger partial charge in [0.2, 0.25) is 0 Å². The standard InChI is InChI=1S/C22H44N4O2S/c1-5-19(6-2)20(26-11-15-28-16-12-26)17-24-21(23-7-3)25-18-22(29-8-4)9-13-27-14-10-22/h19-20H,5-18H2,1-4H3,(H2,23,24,25). The lowest BCUT2D eigenvalue weighted by Crippen LogP contribution is -2.53. The zero-order valence-electron chi connectivity index (χ0n) is 19.2. The number of nitrogens with one attached hydrogen (secondary N) is 2. The minimum atomic E-state index is 0.230. The second kappa shape index (κ2) is 13.7. The van der Waals surface area contributed by atoms with Crippen molar-refractivity contribution >= 4 is 17.7 Å². The molecular weight excluding hydrogens is 384 g/mol. The number of ether oxygens (including phenoxy) is 2. The van der Waals surface area contributed by atoms with Gasteiger partial charge >= 0.3 is 0 Å². The van der Waals surface area contributed by atoms with Crippen LogP contribution in [0.3, 0.4) is 0 Å². The highest BCUT2D eigenvalue weighted by Crippen LogP contribution is 2.35. The molecule has 0 aromatic carbocycles. The van der Waals surface area contributed by atoms with E-state index in [2.05, 4.69) is 55.0 Å². The Balaban J connectivity index is 2.02. The van der Waals surface area contributed by atoms with Crippen LogP contribution in [0.25, 0.3) is 0 Å². The highest BCUT2D eigenvalue weighted by atomic mass is 32.2. The molecule has 1 unspecified atom stereocenters. The molecule has 0 aromatic rings. The third-order valence-electron chi connectivity index (χ3n) is 6.31. The van der Waals surface area contributed by atoms with Crippen LogP contribution < -0.4 is 10.6 Å². The number of hydrogen-bond acceptors (Lipinski definition) is 5. The molecule has 2 rings (SSSR count). The Morgan fingerprint density at radius 1 is 1.00 bits per heavy atom. The van der Waals surface area contributed by atoms with Gasteiger partial charge in [0.25, 0.3) is 0 Å². The van der Waals surface area contributed by atoms with E-state index in [0.29, 0.717) is 12.0 Å². The molecule has 2 aliphatic heterocycles. The maximum Gasteiger partial charge on any atom is 0.191 e. The second-order valence-electron chi connectivity index (χ2n) is 8.10. The van der Waals surface area contributed by atoms with Gasteiger partial charge in [0.05, 0.1) is 19.8 Å². The Labute approximate surface area is 182 Å². The first-order chi connectivity index (χ1) is 14.2. The molecule has 0 amide bonds. The van der Waals surface area contributed by atoms with E-state index < -0.39 is 0 Å². The van der Waals surface area contributed by atoms with Gasteiger partial charge < -0.3 is 20.1 Å². The first-order valence-electron chi connectivity index (χ1n) is 11.7. The average molecular weight is 429 g/mol. The molecule has 2 fully saturated rings. The molecule has 1 atom stereocenters. The van der Waals surface area contributed by atoms with Crippen LogP contribution in [0.5, 0.6) is 0 Å². The molecule has 2 aliphatic rings. The Morgan fingerprint density at radius 3 is 2.24 bits per heavy atom. The van der Waals surface area contributed by atoms with Crippen molar-refractivity contribution in [1.82, 2.24) is 15.5 Å². The molecular formula is C22H44N4O2S. The zero-order valence-corrected chi connectivity index (χ0v) is 20.0. The summed E-state index contributed by atoms with van der Waals surface area (Å²) in [5.74, 6) is 2.79. The van der Waals surface area contributed by atoms with Gasteiger partial charge in [0.1, 0.15) is 0 Å². The van der Waals surface area contributed by atoms with Crippen molar-refractivity contribution in [2.45, 2.75) is 64.2 Å². The highest BCUT2D eigenvalue weighted by Gasteiger charge is 2.33. The molecule has 0 aliphatic carbocycles. The average Bonchev–Trinajstić information content (AvgIpc) is 2.76. The Kier molecular flexibility index (Phi) is 11.7. The van der Waals surface area contributed by atoms with Crippen molar-refractivity contribution in [2.24, 2.45) is 10.9 Å². The van der Waals surface area contributed by atoms with Crippen LogP contribution >= 0.6 is 11.8 Å². The summed E-state index contributed by atoms with van der Waals surface area (Å²) in [6.07, 6.45) is 4.62. The van der Waals surface area contributed by atoms with E-state index in [0.717, 1.165) is 83.7 Å². The molecule has 2 N–H and O–H groups in total. The number of morpholine rings is 1. The molecule has 0 radical (unpaired) electrons. The lowest BCUT2D eigenvalue weighted by molar-refractivity contribution is 0.00272. The Morgan fingerprint density at radius 2 is 1.66 bits per heavy atom. The van der Waals surface area contributed by atoms with Crippen molar-refractivity contribution in [3.05, 3.63) is 0 Å². The fourth-order valence-electron chi connectivity index (χ4n) is 4.50. The molecule has 0 saturated carbocycles. The Bertz CT molecular complexity index is 456. The predicted octanol–water partition coefficient (Wildman–Crippen LogP) is 2.98. The van der Waals surface area contributed by atoms with Crippen molar-refractivity contribution in [2.75, 3.05) is 64.9 Å². The maximum atomic E-state index is 5.61. The Hall–Kier alpha value is -0.500. The smallest absolute Gasteiger partial charge is 0.191 e. The van der Waals surface area contributed by atoms with E-state index in [1.807, 2.05) is 0 Å². The number of thioether (sulfide) groups is 1. The van der Waals surface area contributed by atoms with Crippen molar-refractivity contribution in [3.63, 3.8) is 0 Å². The van der Waals surface area contributed by atoms with Crippen LogP contribution in [-0.4, -0.2) is 86.6 Å². The van der Waals surface area contributed by atoms with Crippen molar-refractivity contribution in [3.8, 4) is 0 Å². The van der Waals surface area contributed by atoms with Crippen LogP contribution in [0.4, 0.5) is 0 Å². The molecule has 170 valence electrons. The van der Waals surface area contributed by atoms with Gasteiger partial charge in [-0.2, -0.15) is 11.8 Å². The molecule has 0 bridgehead atoms. The highest BCUT2D eigenvalue weighted by molar-refractivity contribution is 8.00. The molecule has 2 heterocycles. The quantitative estimate of drug-likeness (QED) is 0.390. The topological polar surface area (TPSA) is 58.1 Å². The minimum Gasteiger partial charge on any atom is -0.381 e. The second-order valence-corrected chi connectivity index (χ2v) is 9.83. The molecule has 0 spiro atoms. The molecule has 7 heteroatoms. The van der Waals surface area contributed by atoms with Gasteiger partial charge in [-0.25, -0.2) is 0 Å². The lowest BCUT2D eigenvalue weighted by Gasteiger charge is -2.39. The summed E-state index contributed by atoms with van der Waals surface area (Å²) in [5, 5.41) is 7.15. The summed E-state index contributed by atoms with van der Waals surface area (Å²) in [7, 11) is 0. The van der Waals surface area contributed by atoms with E-state index in [-0.39, 0.29) is 4.75 Å². The normalized spacial score (nSPS) is 21.9. The molecule has 2 saturated heterocycles. The van der Waals surface area contributed by atoms with Gasteiger partial charge in [0, 0.05) is 50.2 Å². The first kappa shape index (κ1) is 24.8. The summed E-state index contributed by atoms with van der Waals surface area (Å²) in [5.41, 5.74) is 0. The van der Waals surface area contributed by atoms with E-state index in [4.69, 9.17) is 14.5 Å². The zero-order chi connectivity index (χ0) is 21.0. The van der Waals surface area contributed by atoms with Crippen LogP contribution in [0, 0.1) is 5.92 Å². The summed E-state index contributed by atoms with van der Waals surface area (Å²) in [6.45, 7) is 17.2.